The summed E-state index contributed by atoms with van der Waals surface area (Å²) in [6.07, 6.45) is -0.441. The molecule has 0 bridgehead atoms. The topological polar surface area (TPSA) is 45.0 Å². The fourth-order valence-electron chi connectivity index (χ4n) is 1.01. The van der Waals surface area contributed by atoms with Crippen LogP contribution in [0.5, 0.6) is 0 Å². The summed E-state index contributed by atoms with van der Waals surface area (Å²) in [4.78, 5) is 3.39. The standard InChI is InChI=1S/C9H9F3N2O/c1-6(14-15)7-4-2-3-5-8(13-7)9(10,11)12/h3-5,15H,2H2,1H3/b14-6+. The summed E-state index contributed by atoms with van der Waals surface area (Å²) in [6.45, 7) is 1.38. The van der Waals surface area contributed by atoms with Crippen LogP contribution >= 0.6 is 0 Å². The molecule has 0 radical (unpaired) electrons. The van der Waals surface area contributed by atoms with E-state index >= 15 is 0 Å². The second-order valence-corrected chi connectivity index (χ2v) is 2.91. The van der Waals surface area contributed by atoms with Crippen molar-refractivity contribution in [3.05, 3.63) is 23.9 Å². The van der Waals surface area contributed by atoms with E-state index < -0.39 is 11.9 Å². The maximum atomic E-state index is 12.4. The highest BCUT2D eigenvalue weighted by atomic mass is 19.4. The van der Waals surface area contributed by atoms with Gasteiger partial charge >= 0.3 is 6.18 Å². The van der Waals surface area contributed by atoms with Crippen molar-refractivity contribution in [1.29, 1.82) is 0 Å². The van der Waals surface area contributed by atoms with Crippen molar-refractivity contribution in [1.82, 2.24) is 0 Å². The molecule has 0 fully saturated rings. The predicted octanol–water partition coefficient (Wildman–Crippen LogP) is 2.68. The van der Waals surface area contributed by atoms with Crippen LogP contribution in [0.1, 0.15) is 13.3 Å². The SMILES string of the molecule is C/C(=N\O)C1=CCC=CC(C(F)(F)F)=N1. The third-order valence-electron chi connectivity index (χ3n) is 1.78. The molecule has 1 N–H and O–H groups in total. The van der Waals surface area contributed by atoms with Crippen LogP contribution < -0.4 is 0 Å². The zero-order valence-corrected chi connectivity index (χ0v) is 7.91. The van der Waals surface area contributed by atoms with Gasteiger partial charge in [-0.3, -0.25) is 0 Å². The maximum absolute atomic E-state index is 12.4. The normalized spacial score (nSPS) is 18.3. The first-order valence-corrected chi connectivity index (χ1v) is 4.16. The summed E-state index contributed by atoms with van der Waals surface area (Å²) >= 11 is 0. The highest BCUT2D eigenvalue weighted by Gasteiger charge is 2.34. The minimum atomic E-state index is -4.49. The smallest absolute Gasteiger partial charge is 0.411 e. The van der Waals surface area contributed by atoms with Gasteiger partial charge in [-0.25, -0.2) is 4.99 Å². The lowest BCUT2D eigenvalue weighted by molar-refractivity contribution is -0.0576. The van der Waals surface area contributed by atoms with Gasteiger partial charge in [0, 0.05) is 0 Å². The summed E-state index contributed by atoms with van der Waals surface area (Å²) in [6, 6.07) is 0. The van der Waals surface area contributed by atoms with Crippen LogP contribution in [-0.4, -0.2) is 22.8 Å². The maximum Gasteiger partial charge on any atom is 0.433 e. The number of aliphatic imine (C=N–C) groups is 1. The first-order chi connectivity index (χ1) is 6.95. The summed E-state index contributed by atoms with van der Waals surface area (Å²) in [5.74, 6) is 0. The van der Waals surface area contributed by atoms with E-state index in [9.17, 15) is 13.2 Å². The third-order valence-corrected chi connectivity index (χ3v) is 1.78. The number of halogens is 3. The van der Waals surface area contributed by atoms with Crippen LogP contribution in [0.2, 0.25) is 0 Å². The molecule has 1 rings (SSSR count). The highest BCUT2D eigenvalue weighted by molar-refractivity contribution is 6.06. The Morgan fingerprint density at radius 2 is 2.20 bits per heavy atom. The van der Waals surface area contributed by atoms with Crippen molar-refractivity contribution < 1.29 is 18.4 Å². The van der Waals surface area contributed by atoms with Gasteiger partial charge in [-0.1, -0.05) is 17.3 Å². The van der Waals surface area contributed by atoms with E-state index in [1.54, 1.807) is 0 Å². The van der Waals surface area contributed by atoms with Crippen molar-refractivity contribution in [2.45, 2.75) is 19.5 Å². The summed E-state index contributed by atoms with van der Waals surface area (Å²) in [5.41, 5.74) is -0.899. The average molecular weight is 218 g/mol. The molecule has 1 aliphatic rings. The van der Waals surface area contributed by atoms with Crippen LogP contribution in [0.4, 0.5) is 13.2 Å². The van der Waals surface area contributed by atoms with Crippen LogP contribution in [0, 0.1) is 0 Å². The second kappa shape index (κ2) is 4.29. The predicted molar refractivity (Wildman–Crippen MR) is 50.2 cm³/mol. The highest BCUT2D eigenvalue weighted by Crippen LogP contribution is 2.21. The molecule has 82 valence electrons. The molecule has 0 aromatic carbocycles. The molecule has 0 unspecified atom stereocenters. The summed E-state index contributed by atoms with van der Waals surface area (Å²) < 4.78 is 37.1. The number of nitrogens with zero attached hydrogens (tertiary/aromatic N) is 2. The van der Waals surface area contributed by atoms with Crippen molar-refractivity contribution in [2.75, 3.05) is 0 Å². The number of alkyl halides is 3. The van der Waals surface area contributed by atoms with Gasteiger partial charge in [0.15, 0.2) is 0 Å². The Labute approximate surface area is 84.3 Å². The monoisotopic (exact) mass is 218 g/mol. The van der Waals surface area contributed by atoms with Gasteiger partial charge in [-0.2, -0.15) is 13.2 Å². The molecule has 0 aromatic heterocycles. The summed E-state index contributed by atoms with van der Waals surface area (Å²) in [7, 11) is 0. The molecule has 3 nitrogen and oxygen atoms in total. The van der Waals surface area contributed by atoms with Gasteiger partial charge in [0.1, 0.15) is 11.4 Å². The second-order valence-electron chi connectivity index (χ2n) is 2.91. The van der Waals surface area contributed by atoms with E-state index in [0.29, 0.717) is 6.42 Å². The van der Waals surface area contributed by atoms with Crippen molar-refractivity contribution in [3.63, 3.8) is 0 Å². The van der Waals surface area contributed by atoms with E-state index in [0.717, 1.165) is 6.08 Å². The first-order valence-electron chi connectivity index (χ1n) is 4.16. The Morgan fingerprint density at radius 3 is 2.73 bits per heavy atom. The van der Waals surface area contributed by atoms with E-state index in [1.165, 1.54) is 19.1 Å². The Bertz CT molecular complexity index is 364. The van der Waals surface area contributed by atoms with E-state index in [-0.39, 0.29) is 11.4 Å². The van der Waals surface area contributed by atoms with Gasteiger partial charge in [-0.15, -0.1) is 0 Å². The lowest BCUT2D eigenvalue weighted by atomic mass is 10.2. The lowest BCUT2D eigenvalue weighted by Crippen LogP contribution is -2.21. The Hall–Kier alpha value is -1.59. The fourth-order valence-corrected chi connectivity index (χ4v) is 1.01. The molecule has 1 aliphatic heterocycles. The first kappa shape index (κ1) is 11.5. The van der Waals surface area contributed by atoms with Crippen LogP contribution in [0.25, 0.3) is 0 Å². The molecule has 0 saturated heterocycles. The largest absolute Gasteiger partial charge is 0.433 e. The van der Waals surface area contributed by atoms with E-state index in [2.05, 4.69) is 10.1 Å². The van der Waals surface area contributed by atoms with Gasteiger partial charge in [-0.05, 0) is 19.4 Å². The molecule has 0 spiro atoms. The number of hydrogen-bond acceptors (Lipinski definition) is 3. The number of oxime groups is 1. The van der Waals surface area contributed by atoms with Crippen LogP contribution in [0.3, 0.4) is 0 Å². The average Bonchev–Trinajstić information content (AvgIpc) is 2.40. The van der Waals surface area contributed by atoms with E-state index in [1.807, 2.05) is 0 Å². The third kappa shape index (κ3) is 2.93. The number of hydrogen-bond donors (Lipinski definition) is 1. The molecule has 0 aromatic rings. The molecule has 15 heavy (non-hydrogen) atoms. The molecular weight excluding hydrogens is 209 g/mol. The summed E-state index contributed by atoms with van der Waals surface area (Å²) in [5, 5.41) is 11.3. The zero-order chi connectivity index (χ0) is 11.5. The molecule has 6 heteroatoms. The minimum absolute atomic E-state index is 0.0369. The molecule has 0 amide bonds. The van der Waals surface area contributed by atoms with Gasteiger partial charge < -0.3 is 5.21 Å². The van der Waals surface area contributed by atoms with Gasteiger partial charge in [0.05, 0.1) is 5.70 Å². The van der Waals surface area contributed by atoms with Gasteiger partial charge in [0.2, 0.25) is 0 Å². The lowest BCUT2D eigenvalue weighted by Gasteiger charge is -2.06. The molecular formula is C9H9F3N2O. The minimum Gasteiger partial charge on any atom is -0.411 e. The van der Waals surface area contributed by atoms with Crippen LogP contribution in [-0.2, 0) is 0 Å². The molecule has 1 heterocycles. The molecule has 0 saturated carbocycles. The van der Waals surface area contributed by atoms with Crippen LogP contribution in [0.15, 0.2) is 34.1 Å². The number of allylic oxidation sites excluding steroid dienone is 4. The van der Waals surface area contributed by atoms with Crippen molar-refractivity contribution in [2.24, 2.45) is 10.1 Å². The van der Waals surface area contributed by atoms with E-state index in [4.69, 9.17) is 5.21 Å². The Kier molecular flexibility index (Phi) is 3.28. The van der Waals surface area contributed by atoms with Gasteiger partial charge in [0.25, 0.3) is 0 Å². The fraction of sp³-hybridized carbons (Fsp3) is 0.333. The molecule has 0 atom stereocenters. The Morgan fingerprint density at radius 1 is 1.53 bits per heavy atom. The molecule has 0 aliphatic carbocycles. The number of rotatable bonds is 1. The zero-order valence-electron chi connectivity index (χ0n) is 7.91. The van der Waals surface area contributed by atoms with Crippen molar-refractivity contribution in [3.8, 4) is 0 Å². The van der Waals surface area contributed by atoms with Crippen molar-refractivity contribution >= 4 is 11.4 Å². The quantitative estimate of drug-likeness (QED) is 0.410. The Balaban J connectivity index is 3.09.